The molecule has 2 heterocycles. The van der Waals surface area contributed by atoms with E-state index in [1.807, 2.05) is 0 Å². The highest BCUT2D eigenvalue weighted by Crippen LogP contribution is 2.23. The molecule has 18 heavy (non-hydrogen) atoms. The number of aromatic nitrogens is 1. The number of carboxylic acids is 2. The zero-order valence-electron chi connectivity index (χ0n) is 10.0. The Morgan fingerprint density at radius 3 is 2.56 bits per heavy atom. The molecule has 0 aromatic carbocycles. The van der Waals surface area contributed by atoms with E-state index in [9.17, 15) is 0 Å². The summed E-state index contributed by atoms with van der Waals surface area (Å²) in [6, 6.07) is 2.47. The second-order valence-electron chi connectivity index (χ2n) is 3.83. The highest BCUT2D eigenvalue weighted by atomic mass is 16.5. The number of carbonyl (C=O) groups is 2. The van der Waals surface area contributed by atoms with Gasteiger partial charge in [-0.3, -0.25) is 0 Å². The van der Waals surface area contributed by atoms with E-state index in [-0.39, 0.29) is 0 Å². The third-order valence-electron chi connectivity index (χ3n) is 2.53. The summed E-state index contributed by atoms with van der Waals surface area (Å²) < 4.78 is 5.23. The maximum absolute atomic E-state index is 9.10. The molecule has 0 aliphatic carbocycles. The topological polar surface area (TPSA) is 113 Å². The Balaban J connectivity index is 0.000000232. The highest BCUT2D eigenvalue weighted by molar-refractivity contribution is 6.27. The average molecular weight is 256 g/mol. The maximum atomic E-state index is 9.10. The number of aryl methyl sites for hydroxylation is 1. The summed E-state index contributed by atoms with van der Waals surface area (Å²) in [6.45, 7) is 3.19. The molecule has 1 aromatic rings. The molecule has 1 aliphatic heterocycles. The molecule has 2 rings (SSSR count). The van der Waals surface area contributed by atoms with Crippen molar-refractivity contribution in [2.45, 2.75) is 32.2 Å². The average Bonchev–Trinajstić information content (AvgIpc) is 3.00. The van der Waals surface area contributed by atoms with Gasteiger partial charge in [0.05, 0.1) is 11.7 Å². The van der Waals surface area contributed by atoms with Gasteiger partial charge < -0.3 is 20.1 Å². The third-order valence-corrected chi connectivity index (χ3v) is 2.53. The second-order valence-corrected chi connectivity index (χ2v) is 3.83. The second kappa shape index (κ2) is 6.75. The van der Waals surface area contributed by atoms with Crippen LogP contribution in [-0.2, 0) is 16.0 Å². The van der Waals surface area contributed by atoms with Crippen LogP contribution in [0.4, 0.5) is 0 Å². The van der Waals surface area contributed by atoms with Gasteiger partial charge >= 0.3 is 11.9 Å². The summed E-state index contributed by atoms with van der Waals surface area (Å²) in [5, 5.41) is 22.1. The number of hydrogen-bond donors (Lipinski definition) is 3. The molecule has 0 bridgehead atoms. The number of hydrogen-bond acceptors (Lipinski definition) is 5. The third kappa shape index (κ3) is 4.17. The van der Waals surface area contributed by atoms with Crippen LogP contribution in [0.3, 0.4) is 0 Å². The molecule has 1 aliphatic rings. The summed E-state index contributed by atoms with van der Waals surface area (Å²) >= 11 is 0. The van der Waals surface area contributed by atoms with Gasteiger partial charge in [0.25, 0.3) is 0 Å². The largest absolute Gasteiger partial charge is 0.473 e. The van der Waals surface area contributed by atoms with Crippen LogP contribution in [0.5, 0.6) is 0 Å². The summed E-state index contributed by atoms with van der Waals surface area (Å²) in [6.07, 6.45) is 3.38. The minimum atomic E-state index is -1.82. The van der Waals surface area contributed by atoms with Crippen molar-refractivity contribution in [2.24, 2.45) is 0 Å². The van der Waals surface area contributed by atoms with Crippen LogP contribution in [-0.4, -0.2) is 33.9 Å². The summed E-state index contributed by atoms with van der Waals surface area (Å²) in [5.41, 5.74) is 1.05. The Bertz CT molecular complexity index is 397. The number of nitrogens with one attached hydrogen (secondary N) is 1. The normalized spacial score (nSPS) is 17.9. The molecule has 0 unspecified atom stereocenters. The molecule has 1 aromatic heterocycles. The fraction of sp³-hybridized carbons (Fsp3) is 0.545. The molecular formula is C11H16N2O5. The lowest BCUT2D eigenvalue weighted by atomic mass is 10.1. The van der Waals surface area contributed by atoms with Crippen molar-refractivity contribution in [2.75, 3.05) is 6.54 Å². The number of aliphatic carboxylic acids is 2. The van der Waals surface area contributed by atoms with Crippen LogP contribution in [0.2, 0.25) is 0 Å². The van der Waals surface area contributed by atoms with E-state index < -0.39 is 11.9 Å². The van der Waals surface area contributed by atoms with Crippen molar-refractivity contribution in [3.63, 3.8) is 0 Å². The molecule has 7 heteroatoms. The Morgan fingerprint density at radius 1 is 1.50 bits per heavy atom. The van der Waals surface area contributed by atoms with Crippen molar-refractivity contribution < 1.29 is 24.3 Å². The molecule has 0 radical (unpaired) electrons. The van der Waals surface area contributed by atoms with E-state index in [2.05, 4.69) is 23.5 Å². The fourth-order valence-electron chi connectivity index (χ4n) is 1.59. The van der Waals surface area contributed by atoms with Gasteiger partial charge in [0.2, 0.25) is 0 Å². The van der Waals surface area contributed by atoms with Crippen LogP contribution in [0.1, 0.15) is 37.3 Å². The maximum Gasteiger partial charge on any atom is 0.414 e. The molecule has 0 saturated carbocycles. The molecule has 3 N–H and O–H groups in total. The van der Waals surface area contributed by atoms with Gasteiger partial charge in [-0.1, -0.05) is 12.1 Å². The first-order valence-corrected chi connectivity index (χ1v) is 5.69. The molecule has 0 spiro atoms. The predicted octanol–water partition coefficient (Wildman–Crippen LogP) is 0.817. The van der Waals surface area contributed by atoms with Gasteiger partial charge in [-0.15, -0.1) is 0 Å². The SMILES string of the molecule is CCc1cc([C@@H]2CCCN2)on1.O=C(O)C(=O)O. The van der Waals surface area contributed by atoms with Crippen LogP contribution in [0.15, 0.2) is 10.6 Å². The zero-order chi connectivity index (χ0) is 13.5. The molecule has 1 atom stereocenters. The molecule has 1 saturated heterocycles. The van der Waals surface area contributed by atoms with E-state index in [0.29, 0.717) is 6.04 Å². The van der Waals surface area contributed by atoms with Gasteiger partial charge in [0.1, 0.15) is 0 Å². The molecule has 7 nitrogen and oxygen atoms in total. The number of nitrogens with zero attached hydrogens (tertiary/aromatic N) is 1. The lowest BCUT2D eigenvalue weighted by molar-refractivity contribution is -0.159. The summed E-state index contributed by atoms with van der Waals surface area (Å²) in [5.74, 6) is -2.64. The van der Waals surface area contributed by atoms with Crippen molar-refractivity contribution in [1.82, 2.24) is 10.5 Å². The van der Waals surface area contributed by atoms with Gasteiger partial charge in [-0.2, -0.15) is 0 Å². The lowest BCUT2D eigenvalue weighted by Crippen LogP contribution is -2.11. The Kier molecular flexibility index (Phi) is 5.31. The Labute approximate surface area is 104 Å². The summed E-state index contributed by atoms with van der Waals surface area (Å²) in [7, 11) is 0. The summed E-state index contributed by atoms with van der Waals surface area (Å²) in [4.78, 5) is 18.2. The highest BCUT2D eigenvalue weighted by Gasteiger charge is 2.19. The number of rotatable bonds is 2. The fourth-order valence-corrected chi connectivity index (χ4v) is 1.59. The van der Waals surface area contributed by atoms with Crippen molar-refractivity contribution in [3.8, 4) is 0 Å². The minimum Gasteiger partial charge on any atom is -0.473 e. The lowest BCUT2D eigenvalue weighted by Gasteiger charge is -2.02. The standard InChI is InChI=1S/C9H14N2O.C2H2O4/c1-2-7-6-9(12-11-7)8-4-3-5-10-8;3-1(4)2(5)6/h6,8,10H,2-5H2,1H3;(H,3,4)(H,5,6)/t8-;/m0./s1. The first-order chi connectivity index (χ1) is 8.54. The van der Waals surface area contributed by atoms with E-state index in [0.717, 1.165) is 24.4 Å². The quantitative estimate of drug-likeness (QED) is 0.671. The first-order valence-electron chi connectivity index (χ1n) is 5.69. The van der Waals surface area contributed by atoms with Gasteiger partial charge in [-0.05, 0) is 25.8 Å². The van der Waals surface area contributed by atoms with Crippen LogP contribution < -0.4 is 5.32 Å². The van der Waals surface area contributed by atoms with Crippen molar-refractivity contribution >= 4 is 11.9 Å². The monoisotopic (exact) mass is 256 g/mol. The van der Waals surface area contributed by atoms with Gasteiger partial charge in [0, 0.05) is 6.07 Å². The van der Waals surface area contributed by atoms with Crippen molar-refractivity contribution in [3.05, 3.63) is 17.5 Å². The first kappa shape index (κ1) is 14.2. The predicted molar refractivity (Wildman–Crippen MR) is 61.1 cm³/mol. The Hall–Kier alpha value is -1.89. The Morgan fingerprint density at radius 2 is 2.17 bits per heavy atom. The van der Waals surface area contributed by atoms with Gasteiger partial charge in [0.15, 0.2) is 5.76 Å². The van der Waals surface area contributed by atoms with E-state index in [1.165, 1.54) is 12.8 Å². The zero-order valence-corrected chi connectivity index (χ0v) is 10.0. The van der Waals surface area contributed by atoms with E-state index >= 15 is 0 Å². The smallest absolute Gasteiger partial charge is 0.414 e. The molecule has 1 fully saturated rings. The number of carboxylic acid groups (broad SMARTS) is 2. The molecular weight excluding hydrogens is 240 g/mol. The van der Waals surface area contributed by atoms with Crippen molar-refractivity contribution in [1.29, 1.82) is 0 Å². The van der Waals surface area contributed by atoms with Crippen LogP contribution in [0, 0.1) is 0 Å². The molecule has 0 amide bonds. The van der Waals surface area contributed by atoms with Gasteiger partial charge in [-0.25, -0.2) is 9.59 Å². The molecule has 100 valence electrons. The van der Waals surface area contributed by atoms with Crippen LogP contribution in [0.25, 0.3) is 0 Å². The minimum absolute atomic E-state index is 0.415. The van der Waals surface area contributed by atoms with E-state index in [1.54, 1.807) is 0 Å². The van der Waals surface area contributed by atoms with E-state index in [4.69, 9.17) is 24.3 Å². The van der Waals surface area contributed by atoms with Crippen LogP contribution >= 0.6 is 0 Å².